The van der Waals surface area contributed by atoms with Gasteiger partial charge in [0, 0.05) is 11.1 Å². The number of aliphatic hydroxyl groups is 2. The SMILES string of the molecule is COC(=O)c1occ2c1C(C)(O)C1CC(C)(C)CC1C2O. The van der Waals surface area contributed by atoms with E-state index < -0.39 is 17.7 Å². The second kappa shape index (κ2) is 4.34. The number of esters is 1. The fourth-order valence-electron chi connectivity index (χ4n) is 4.33. The smallest absolute Gasteiger partial charge is 0.374 e. The van der Waals surface area contributed by atoms with E-state index in [0.717, 1.165) is 12.8 Å². The topological polar surface area (TPSA) is 79.9 Å². The van der Waals surface area contributed by atoms with Gasteiger partial charge in [0.15, 0.2) is 0 Å². The number of carbonyl (C=O) groups excluding carboxylic acids is 1. The van der Waals surface area contributed by atoms with Crippen LogP contribution >= 0.6 is 0 Å². The van der Waals surface area contributed by atoms with Gasteiger partial charge in [-0.15, -0.1) is 0 Å². The molecule has 2 aliphatic carbocycles. The van der Waals surface area contributed by atoms with Crippen molar-refractivity contribution < 1.29 is 24.2 Å². The van der Waals surface area contributed by atoms with Gasteiger partial charge in [0.25, 0.3) is 0 Å². The molecule has 0 spiro atoms. The Morgan fingerprint density at radius 1 is 1.38 bits per heavy atom. The minimum Gasteiger partial charge on any atom is -0.463 e. The molecule has 4 atom stereocenters. The average Bonchev–Trinajstić information content (AvgIpc) is 2.97. The third-order valence-corrected chi connectivity index (χ3v) is 5.22. The van der Waals surface area contributed by atoms with Gasteiger partial charge in [-0.25, -0.2) is 4.79 Å². The minimum absolute atomic E-state index is 0.000272. The molecule has 3 rings (SSSR count). The summed E-state index contributed by atoms with van der Waals surface area (Å²) in [6.07, 6.45) is 2.30. The quantitative estimate of drug-likeness (QED) is 0.777. The Hall–Kier alpha value is -1.33. The number of fused-ring (bicyclic) bond motifs is 2. The van der Waals surface area contributed by atoms with E-state index in [4.69, 9.17) is 9.15 Å². The molecule has 2 N–H and O–H groups in total. The van der Waals surface area contributed by atoms with Crippen molar-refractivity contribution in [2.75, 3.05) is 7.11 Å². The number of ether oxygens (including phenoxy) is 1. The maximum atomic E-state index is 11.9. The number of hydrogen-bond acceptors (Lipinski definition) is 5. The second-order valence-corrected chi connectivity index (χ2v) is 7.32. The molecule has 0 saturated heterocycles. The maximum Gasteiger partial charge on any atom is 0.374 e. The fourth-order valence-corrected chi connectivity index (χ4v) is 4.33. The minimum atomic E-state index is -1.20. The van der Waals surface area contributed by atoms with Crippen molar-refractivity contribution in [3.63, 3.8) is 0 Å². The first-order valence-electron chi connectivity index (χ1n) is 7.29. The van der Waals surface area contributed by atoms with Crippen LogP contribution in [-0.4, -0.2) is 23.3 Å². The van der Waals surface area contributed by atoms with Crippen molar-refractivity contribution in [2.24, 2.45) is 17.3 Å². The number of rotatable bonds is 1. The molecule has 0 aromatic carbocycles. The molecule has 1 fully saturated rings. The van der Waals surface area contributed by atoms with Crippen molar-refractivity contribution in [3.8, 4) is 0 Å². The first-order valence-corrected chi connectivity index (χ1v) is 7.29. The zero-order valence-electron chi connectivity index (χ0n) is 12.8. The molecule has 1 heterocycles. The molecule has 0 bridgehead atoms. The summed E-state index contributed by atoms with van der Waals surface area (Å²) in [6, 6.07) is 0. The van der Waals surface area contributed by atoms with Gasteiger partial charge in [0.05, 0.1) is 25.1 Å². The van der Waals surface area contributed by atoms with Crippen LogP contribution in [0.5, 0.6) is 0 Å². The average molecular weight is 294 g/mol. The molecule has 0 aliphatic heterocycles. The van der Waals surface area contributed by atoms with Crippen LogP contribution in [0.1, 0.15) is 61.4 Å². The Labute approximate surface area is 123 Å². The summed E-state index contributed by atoms with van der Waals surface area (Å²) in [5.74, 6) is -0.749. The molecule has 0 radical (unpaired) electrons. The van der Waals surface area contributed by atoms with E-state index in [1.165, 1.54) is 13.4 Å². The van der Waals surface area contributed by atoms with Gasteiger partial charge in [-0.3, -0.25) is 0 Å². The first-order chi connectivity index (χ1) is 9.69. The molecule has 116 valence electrons. The third kappa shape index (κ3) is 1.94. The van der Waals surface area contributed by atoms with E-state index in [1.54, 1.807) is 6.92 Å². The Bertz CT molecular complexity index is 583. The summed E-state index contributed by atoms with van der Waals surface area (Å²) in [5, 5.41) is 21.7. The predicted octanol–water partition coefficient (Wildman–Crippen LogP) is 2.37. The van der Waals surface area contributed by atoms with Crippen LogP contribution in [0.4, 0.5) is 0 Å². The van der Waals surface area contributed by atoms with Crippen molar-refractivity contribution in [1.29, 1.82) is 0 Å². The molecular weight excluding hydrogens is 272 g/mol. The molecule has 5 heteroatoms. The second-order valence-electron chi connectivity index (χ2n) is 7.32. The van der Waals surface area contributed by atoms with Gasteiger partial charge < -0.3 is 19.4 Å². The Balaban J connectivity index is 2.14. The van der Waals surface area contributed by atoms with E-state index in [0.29, 0.717) is 11.1 Å². The van der Waals surface area contributed by atoms with Gasteiger partial charge in [-0.05, 0) is 37.0 Å². The third-order valence-electron chi connectivity index (χ3n) is 5.22. The highest BCUT2D eigenvalue weighted by Gasteiger charge is 2.57. The number of hydrogen-bond donors (Lipinski definition) is 2. The Morgan fingerprint density at radius 3 is 2.67 bits per heavy atom. The summed E-state index contributed by atoms with van der Waals surface area (Å²) in [7, 11) is 1.27. The number of furan rings is 1. The van der Waals surface area contributed by atoms with E-state index in [-0.39, 0.29) is 23.0 Å². The maximum absolute atomic E-state index is 11.9. The summed E-state index contributed by atoms with van der Waals surface area (Å²) in [4.78, 5) is 11.9. The predicted molar refractivity (Wildman–Crippen MR) is 74.6 cm³/mol. The lowest BCUT2D eigenvalue weighted by Gasteiger charge is -2.41. The molecular formula is C16H22O5. The van der Waals surface area contributed by atoms with Gasteiger partial charge in [0.1, 0.15) is 0 Å². The molecule has 2 aliphatic rings. The van der Waals surface area contributed by atoms with Crippen LogP contribution in [0.25, 0.3) is 0 Å². The van der Waals surface area contributed by atoms with Gasteiger partial charge >= 0.3 is 5.97 Å². The highest BCUT2D eigenvalue weighted by atomic mass is 16.5. The highest BCUT2D eigenvalue weighted by Crippen LogP contribution is 2.60. The van der Waals surface area contributed by atoms with Gasteiger partial charge in [-0.1, -0.05) is 13.8 Å². The summed E-state index contributed by atoms with van der Waals surface area (Å²) < 4.78 is 10.0. The normalized spacial score (nSPS) is 37.0. The summed E-state index contributed by atoms with van der Waals surface area (Å²) in [6.45, 7) is 5.99. The van der Waals surface area contributed by atoms with Crippen LogP contribution < -0.4 is 0 Å². The van der Waals surface area contributed by atoms with E-state index >= 15 is 0 Å². The molecule has 1 aromatic heterocycles. The van der Waals surface area contributed by atoms with Crippen LogP contribution in [0.2, 0.25) is 0 Å². The van der Waals surface area contributed by atoms with E-state index in [2.05, 4.69) is 13.8 Å². The Kier molecular flexibility index (Phi) is 3.01. The Morgan fingerprint density at radius 2 is 2.05 bits per heavy atom. The van der Waals surface area contributed by atoms with E-state index in [1.807, 2.05) is 0 Å². The molecule has 1 saturated carbocycles. The lowest BCUT2D eigenvalue weighted by molar-refractivity contribution is -0.0707. The number of carbonyl (C=O) groups is 1. The standard InChI is InChI=1S/C16H22O5/c1-15(2)5-8-10(6-15)16(3,19)11-9(12(8)17)7-21-13(11)14(18)20-4/h7-8,10,12,17,19H,5-6H2,1-4H3. The largest absolute Gasteiger partial charge is 0.463 e. The van der Waals surface area contributed by atoms with Crippen LogP contribution in [0, 0.1) is 17.3 Å². The van der Waals surface area contributed by atoms with Crippen LogP contribution in [0.3, 0.4) is 0 Å². The van der Waals surface area contributed by atoms with Crippen molar-refractivity contribution >= 4 is 5.97 Å². The highest BCUT2D eigenvalue weighted by molar-refractivity contribution is 5.89. The zero-order valence-corrected chi connectivity index (χ0v) is 12.8. The van der Waals surface area contributed by atoms with Crippen LogP contribution in [0.15, 0.2) is 10.7 Å². The number of methoxy groups -OCH3 is 1. The fraction of sp³-hybridized carbons (Fsp3) is 0.688. The summed E-state index contributed by atoms with van der Waals surface area (Å²) in [5.41, 5.74) is -0.240. The van der Waals surface area contributed by atoms with Crippen molar-refractivity contribution in [1.82, 2.24) is 0 Å². The van der Waals surface area contributed by atoms with Gasteiger partial charge in [0.2, 0.25) is 5.76 Å². The van der Waals surface area contributed by atoms with Crippen molar-refractivity contribution in [3.05, 3.63) is 23.2 Å². The van der Waals surface area contributed by atoms with Crippen molar-refractivity contribution in [2.45, 2.75) is 45.3 Å². The molecule has 5 nitrogen and oxygen atoms in total. The van der Waals surface area contributed by atoms with E-state index in [9.17, 15) is 15.0 Å². The zero-order chi connectivity index (χ0) is 15.6. The number of aliphatic hydroxyl groups excluding tert-OH is 1. The monoisotopic (exact) mass is 294 g/mol. The lowest BCUT2D eigenvalue weighted by Crippen LogP contribution is -2.42. The first kappa shape index (κ1) is 14.6. The molecule has 0 amide bonds. The van der Waals surface area contributed by atoms with Gasteiger partial charge in [-0.2, -0.15) is 0 Å². The summed E-state index contributed by atoms with van der Waals surface area (Å²) >= 11 is 0. The van der Waals surface area contributed by atoms with Crippen LogP contribution in [-0.2, 0) is 10.3 Å². The molecule has 21 heavy (non-hydrogen) atoms. The molecule has 4 unspecified atom stereocenters. The molecule has 1 aromatic rings. The lowest BCUT2D eigenvalue weighted by atomic mass is 9.67.